The topological polar surface area (TPSA) is 168 Å². The normalized spacial score (nSPS) is 28.4. The molecule has 1 aromatic carbocycles. The first-order valence-corrected chi connectivity index (χ1v) is 19.4. The highest BCUT2D eigenvalue weighted by Crippen LogP contribution is 2.46. The lowest BCUT2D eigenvalue weighted by Gasteiger charge is -2.30. The fraction of sp³-hybridized carbons (Fsp3) is 0.639. The van der Waals surface area contributed by atoms with Crippen molar-refractivity contribution in [3.63, 3.8) is 0 Å². The number of allylic oxidation sites excluding steroid dienone is 1. The number of halogens is 1. The summed E-state index contributed by atoms with van der Waals surface area (Å²) >= 11 is 0. The molecule has 1 saturated heterocycles. The number of nitrogens with zero attached hydrogens (tertiary/aromatic N) is 2. The van der Waals surface area contributed by atoms with E-state index in [9.17, 15) is 36.8 Å². The molecular formula is C36H47FN4O9S. The standard InChI is InChI=1S/C36H47FN4O9S/c1-35(2,3)50-30(42)16-22-10-7-5-4-6-8-12-24-18-36(24,33(45)39-51(47,48)26-14-15-26)38-31(43)29-17-25(20-41(29)32(22)44)49-34(46)40-19-23-11-9-13-28(37)27(23)21-40/h8-9,11-13,22,24-26,29H,4-7,10,14-21H2,1-3H3,(H,38,43)(H,39,45)/t22-,24-,25-,29+,36-/m1/s1. The van der Waals surface area contributed by atoms with Crippen LogP contribution < -0.4 is 10.0 Å². The van der Waals surface area contributed by atoms with Gasteiger partial charge in [-0.3, -0.25) is 28.8 Å². The smallest absolute Gasteiger partial charge is 0.410 e. The Morgan fingerprint density at radius 1 is 1.08 bits per heavy atom. The number of carbonyl (C=O) groups excluding carboxylic acids is 5. The molecule has 5 atom stereocenters. The third-order valence-corrected chi connectivity index (χ3v) is 12.1. The molecule has 4 amide bonds. The van der Waals surface area contributed by atoms with Crippen LogP contribution in [0.25, 0.3) is 0 Å². The number of rotatable bonds is 6. The van der Waals surface area contributed by atoms with E-state index in [4.69, 9.17) is 9.47 Å². The summed E-state index contributed by atoms with van der Waals surface area (Å²) in [6.07, 6.45) is 6.08. The predicted octanol–water partition coefficient (Wildman–Crippen LogP) is 3.60. The second-order valence-electron chi connectivity index (χ2n) is 15.5. The molecule has 278 valence electrons. The highest BCUT2D eigenvalue weighted by molar-refractivity contribution is 7.91. The van der Waals surface area contributed by atoms with Crippen molar-refractivity contribution in [2.75, 3.05) is 6.54 Å². The molecule has 1 aromatic rings. The van der Waals surface area contributed by atoms with Gasteiger partial charge in [-0.15, -0.1) is 0 Å². The monoisotopic (exact) mass is 730 g/mol. The Morgan fingerprint density at radius 3 is 2.55 bits per heavy atom. The van der Waals surface area contributed by atoms with Crippen molar-refractivity contribution in [1.29, 1.82) is 0 Å². The van der Waals surface area contributed by atoms with Crippen molar-refractivity contribution in [2.45, 2.75) is 127 Å². The summed E-state index contributed by atoms with van der Waals surface area (Å²) in [5.74, 6) is -4.27. The van der Waals surface area contributed by atoms with E-state index < -0.39 is 86.0 Å². The van der Waals surface area contributed by atoms with Gasteiger partial charge in [0, 0.05) is 30.4 Å². The van der Waals surface area contributed by atoms with Gasteiger partial charge in [-0.05, 0) is 70.9 Å². The van der Waals surface area contributed by atoms with Gasteiger partial charge >= 0.3 is 12.1 Å². The molecule has 2 saturated carbocycles. The average molecular weight is 731 g/mol. The van der Waals surface area contributed by atoms with E-state index in [2.05, 4.69) is 10.0 Å². The Labute approximate surface area is 297 Å². The minimum Gasteiger partial charge on any atom is -0.460 e. The number of sulfonamides is 1. The molecule has 0 unspecified atom stereocenters. The Kier molecular flexibility index (Phi) is 10.2. The van der Waals surface area contributed by atoms with E-state index in [1.807, 2.05) is 12.2 Å². The molecular weight excluding hydrogens is 683 g/mol. The number of amides is 4. The molecule has 0 radical (unpaired) electrons. The summed E-state index contributed by atoms with van der Waals surface area (Å²) in [5.41, 5.74) is -1.26. The van der Waals surface area contributed by atoms with Gasteiger partial charge < -0.3 is 19.7 Å². The fourth-order valence-corrected chi connectivity index (χ4v) is 8.65. The molecule has 0 aromatic heterocycles. The lowest BCUT2D eigenvalue weighted by Crippen LogP contribution is -2.57. The maximum Gasteiger partial charge on any atom is 0.410 e. The van der Waals surface area contributed by atoms with Crippen molar-refractivity contribution in [3.05, 3.63) is 47.3 Å². The molecule has 3 aliphatic heterocycles. The Balaban J connectivity index is 1.25. The van der Waals surface area contributed by atoms with Crippen LogP contribution in [0.5, 0.6) is 0 Å². The summed E-state index contributed by atoms with van der Waals surface area (Å²) in [7, 11) is -3.91. The third-order valence-electron chi connectivity index (χ3n) is 10.2. The van der Waals surface area contributed by atoms with Gasteiger partial charge in [-0.1, -0.05) is 37.1 Å². The van der Waals surface area contributed by atoms with Crippen LogP contribution in [-0.4, -0.2) is 83.1 Å². The number of benzene rings is 1. The zero-order valence-electron chi connectivity index (χ0n) is 29.3. The Hall–Kier alpha value is -4.01. The van der Waals surface area contributed by atoms with Crippen molar-refractivity contribution >= 4 is 39.8 Å². The molecule has 5 aliphatic rings. The number of hydrogen-bond donors (Lipinski definition) is 2. The quantitative estimate of drug-likeness (QED) is 0.328. The molecule has 51 heavy (non-hydrogen) atoms. The second kappa shape index (κ2) is 14.2. The zero-order valence-corrected chi connectivity index (χ0v) is 30.1. The predicted molar refractivity (Wildman–Crippen MR) is 181 cm³/mol. The van der Waals surface area contributed by atoms with E-state index in [-0.39, 0.29) is 38.9 Å². The Morgan fingerprint density at radius 2 is 1.84 bits per heavy atom. The molecule has 0 spiro atoms. The molecule has 2 N–H and O–H groups in total. The van der Waals surface area contributed by atoms with Crippen molar-refractivity contribution < 1.29 is 46.3 Å². The highest BCUT2D eigenvalue weighted by Gasteiger charge is 2.62. The zero-order chi connectivity index (χ0) is 36.7. The Bertz CT molecular complexity index is 1720. The number of ether oxygens (including phenoxy) is 2. The summed E-state index contributed by atoms with van der Waals surface area (Å²) in [5, 5.41) is 2.15. The van der Waals surface area contributed by atoms with Crippen LogP contribution in [-0.2, 0) is 51.8 Å². The highest BCUT2D eigenvalue weighted by atomic mass is 32.2. The lowest BCUT2D eigenvalue weighted by atomic mass is 9.95. The summed E-state index contributed by atoms with van der Waals surface area (Å²) < 4.78 is 53.4. The number of esters is 1. The second-order valence-corrected chi connectivity index (χ2v) is 17.4. The maximum atomic E-state index is 14.4. The molecule has 13 nitrogen and oxygen atoms in total. The number of carbonyl (C=O) groups is 5. The van der Waals surface area contributed by atoms with Gasteiger partial charge in [0.05, 0.1) is 24.8 Å². The molecule has 3 fully saturated rings. The molecule has 15 heteroatoms. The van der Waals surface area contributed by atoms with Crippen molar-refractivity contribution in [3.8, 4) is 0 Å². The average Bonchev–Trinajstić information content (AvgIpc) is 3.93. The van der Waals surface area contributed by atoms with Gasteiger partial charge in [-0.2, -0.15) is 0 Å². The summed E-state index contributed by atoms with van der Waals surface area (Å²) in [6, 6.07) is 3.43. The van der Waals surface area contributed by atoms with Gasteiger partial charge in [0.25, 0.3) is 5.91 Å². The minimum atomic E-state index is -3.91. The minimum absolute atomic E-state index is 0.00832. The molecule has 6 rings (SSSR count). The SMILES string of the molecule is CC(C)(C)OC(=O)C[C@H]1CCCCCC=C[C@@H]2C[C@@]2(C(=O)NS(=O)(=O)C2CC2)NC(=O)[C@@H]2C[C@@H](OC(=O)N3Cc4cccc(F)c4C3)CN2C1=O. The van der Waals surface area contributed by atoms with E-state index in [1.54, 1.807) is 32.9 Å². The molecule has 3 heterocycles. The van der Waals surface area contributed by atoms with Gasteiger partial charge in [0.2, 0.25) is 21.8 Å². The number of fused-ring (bicyclic) bond motifs is 3. The first kappa shape index (κ1) is 36.8. The van der Waals surface area contributed by atoms with Crippen LogP contribution in [0.2, 0.25) is 0 Å². The van der Waals surface area contributed by atoms with E-state index >= 15 is 0 Å². The van der Waals surface area contributed by atoms with Crippen LogP contribution in [0.3, 0.4) is 0 Å². The summed E-state index contributed by atoms with van der Waals surface area (Å²) in [4.78, 5) is 71.1. The van der Waals surface area contributed by atoms with Crippen LogP contribution in [0, 0.1) is 17.7 Å². The molecule has 0 bridgehead atoms. The van der Waals surface area contributed by atoms with Crippen LogP contribution >= 0.6 is 0 Å². The molecule has 2 aliphatic carbocycles. The van der Waals surface area contributed by atoms with Crippen LogP contribution in [0.15, 0.2) is 30.4 Å². The van der Waals surface area contributed by atoms with Gasteiger partial charge in [-0.25, -0.2) is 17.6 Å². The van der Waals surface area contributed by atoms with Crippen molar-refractivity contribution in [2.24, 2.45) is 11.8 Å². The van der Waals surface area contributed by atoms with E-state index in [0.29, 0.717) is 43.2 Å². The van der Waals surface area contributed by atoms with Crippen molar-refractivity contribution in [1.82, 2.24) is 19.8 Å². The van der Waals surface area contributed by atoms with Gasteiger partial charge in [0.1, 0.15) is 29.1 Å². The lowest BCUT2D eigenvalue weighted by molar-refractivity contribution is -0.159. The van der Waals surface area contributed by atoms with Gasteiger partial charge in [0.15, 0.2) is 0 Å². The van der Waals surface area contributed by atoms with E-state index in [0.717, 1.165) is 12.8 Å². The number of nitrogens with one attached hydrogen (secondary N) is 2. The van der Waals surface area contributed by atoms with Crippen LogP contribution in [0.1, 0.15) is 96.1 Å². The fourth-order valence-electron chi connectivity index (χ4n) is 7.29. The number of hydrogen-bond acceptors (Lipinski definition) is 9. The van der Waals surface area contributed by atoms with Crippen LogP contribution in [0.4, 0.5) is 9.18 Å². The summed E-state index contributed by atoms with van der Waals surface area (Å²) in [6.45, 7) is 5.19. The largest absolute Gasteiger partial charge is 0.460 e. The first-order valence-electron chi connectivity index (χ1n) is 17.9. The third kappa shape index (κ3) is 8.39. The van der Waals surface area contributed by atoms with E-state index in [1.165, 1.54) is 15.9 Å². The first-order chi connectivity index (χ1) is 24.1. The maximum absolute atomic E-state index is 14.4.